The predicted octanol–water partition coefficient (Wildman–Crippen LogP) is 7.24. The van der Waals surface area contributed by atoms with Gasteiger partial charge in [-0.1, -0.05) is 48.5 Å². The summed E-state index contributed by atoms with van der Waals surface area (Å²) in [5.41, 5.74) is 6.38. The summed E-state index contributed by atoms with van der Waals surface area (Å²) >= 11 is 0. The molecule has 12 heteroatoms. The van der Waals surface area contributed by atoms with E-state index in [9.17, 15) is 13.9 Å². The third-order valence-corrected chi connectivity index (χ3v) is 11.9. The maximum absolute atomic E-state index is 13.9. The minimum Gasteiger partial charge on any atom is -0.487 e. The van der Waals surface area contributed by atoms with Crippen LogP contribution in [-0.4, -0.2) is 74.4 Å². The first-order valence-electron chi connectivity index (χ1n) is 16.6. The van der Waals surface area contributed by atoms with Crippen molar-refractivity contribution in [1.82, 2.24) is 34.2 Å². The van der Waals surface area contributed by atoms with Crippen LogP contribution in [-0.2, 0) is 13.1 Å². The number of carbonyl (C=O) groups is 1. The summed E-state index contributed by atoms with van der Waals surface area (Å²) in [4.78, 5) is 24.2. The number of likely N-dealkylation sites (N-methyl/N-ethyl adjacent to an activating group) is 1. The van der Waals surface area contributed by atoms with Crippen LogP contribution in [0.3, 0.4) is 0 Å². The maximum atomic E-state index is 13.9. The summed E-state index contributed by atoms with van der Waals surface area (Å²) in [6, 6.07) is 17.7. The molecule has 6 rings (SSSR count). The highest BCUT2D eigenvalue weighted by molar-refractivity contribution is 8.22. The normalized spacial score (nSPS) is 17.5. The van der Waals surface area contributed by atoms with Crippen molar-refractivity contribution in [2.24, 2.45) is 0 Å². The molecule has 258 valence electrons. The Morgan fingerprint density at radius 3 is 2.53 bits per heavy atom. The van der Waals surface area contributed by atoms with Gasteiger partial charge in [0.05, 0.1) is 17.6 Å². The fourth-order valence-corrected chi connectivity index (χ4v) is 8.43. The zero-order valence-electron chi connectivity index (χ0n) is 29.2. The van der Waals surface area contributed by atoms with Gasteiger partial charge in [-0.3, -0.25) is 13.9 Å². The van der Waals surface area contributed by atoms with Gasteiger partial charge in [0.15, 0.2) is 0 Å². The molecule has 11 nitrogen and oxygen atoms in total. The second kappa shape index (κ2) is 13.5. The SMILES string of the molecule is CCC1CN(Cc2cc([C@@H](c3ccc4c(nnn4CC)c3C)C(C)(C)N(C)C(=O)c3cncnc3)ccc2C)S(O)(O)c2ccccc2O1. The second-order valence-corrected chi connectivity index (χ2v) is 15.2. The summed E-state index contributed by atoms with van der Waals surface area (Å²) in [6.45, 7) is 13.7. The molecule has 3 heterocycles. The molecule has 2 aromatic heterocycles. The van der Waals surface area contributed by atoms with Crippen molar-refractivity contribution in [2.45, 2.75) is 83.5 Å². The number of ether oxygens (including phenoxy) is 1. The van der Waals surface area contributed by atoms with Crippen LogP contribution in [0.15, 0.2) is 78.2 Å². The van der Waals surface area contributed by atoms with E-state index < -0.39 is 16.3 Å². The predicted molar refractivity (Wildman–Crippen MR) is 192 cm³/mol. The quantitative estimate of drug-likeness (QED) is 0.165. The van der Waals surface area contributed by atoms with Crippen LogP contribution in [0.2, 0.25) is 0 Å². The van der Waals surface area contributed by atoms with E-state index in [0.29, 0.717) is 42.3 Å². The molecule has 0 radical (unpaired) electrons. The number of nitrogens with zero attached hydrogens (tertiary/aromatic N) is 7. The van der Waals surface area contributed by atoms with E-state index in [0.717, 1.165) is 38.9 Å². The van der Waals surface area contributed by atoms with Crippen LogP contribution >= 0.6 is 10.8 Å². The zero-order valence-corrected chi connectivity index (χ0v) is 30.0. The molecule has 0 bridgehead atoms. The Labute approximate surface area is 289 Å². The molecule has 0 saturated heterocycles. The minimum atomic E-state index is -3.35. The average molecular weight is 684 g/mol. The van der Waals surface area contributed by atoms with Gasteiger partial charge in [0, 0.05) is 44.0 Å². The molecule has 0 fully saturated rings. The number of aromatic nitrogens is 5. The molecule has 1 aliphatic heterocycles. The van der Waals surface area contributed by atoms with Gasteiger partial charge in [-0.2, -0.15) is 4.31 Å². The highest BCUT2D eigenvalue weighted by Crippen LogP contribution is 2.57. The van der Waals surface area contributed by atoms with E-state index in [1.165, 1.54) is 18.7 Å². The molecule has 2 N–H and O–H groups in total. The van der Waals surface area contributed by atoms with Crippen LogP contribution in [0.1, 0.15) is 78.2 Å². The van der Waals surface area contributed by atoms with Crippen molar-refractivity contribution in [3.8, 4) is 5.75 Å². The van der Waals surface area contributed by atoms with Crippen molar-refractivity contribution in [3.05, 3.63) is 107 Å². The van der Waals surface area contributed by atoms with E-state index in [-0.39, 0.29) is 17.9 Å². The van der Waals surface area contributed by atoms with Crippen LogP contribution < -0.4 is 4.74 Å². The van der Waals surface area contributed by atoms with Gasteiger partial charge in [-0.25, -0.2) is 14.6 Å². The van der Waals surface area contributed by atoms with E-state index in [2.05, 4.69) is 71.4 Å². The Kier molecular flexibility index (Phi) is 9.51. The van der Waals surface area contributed by atoms with Gasteiger partial charge < -0.3 is 9.64 Å². The van der Waals surface area contributed by atoms with Gasteiger partial charge in [0.25, 0.3) is 5.91 Å². The fourth-order valence-electron chi connectivity index (χ4n) is 6.81. The van der Waals surface area contributed by atoms with Crippen LogP contribution in [0, 0.1) is 13.8 Å². The van der Waals surface area contributed by atoms with E-state index in [1.807, 2.05) is 38.6 Å². The number of aryl methyl sites for hydroxylation is 3. The summed E-state index contributed by atoms with van der Waals surface area (Å²) in [5.74, 6) is 0.00598. The van der Waals surface area contributed by atoms with Crippen LogP contribution in [0.5, 0.6) is 5.75 Å². The second-order valence-electron chi connectivity index (χ2n) is 13.3. The summed E-state index contributed by atoms with van der Waals surface area (Å²) in [6.07, 6.45) is 4.98. The van der Waals surface area contributed by atoms with Crippen molar-refractivity contribution in [2.75, 3.05) is 13.6 Å². The van der Waals surface area contributed by atoms with Gasteiger partial charge in [-0.05, 0) is 87.1 Å². The van der Waals surface area contributed by atoms with Crippen molar-refractivity contribution in [3.63, 3.8) is 0 Å². The molecule has 2 atom stereocenters. The number of hydrogen-bond acceptors (Lipinski definition) is 9. The van der Waals surface area contributed by atoms with Crippen molar-refractivity contribution >= 4 is 27.7 Å². The lowest BCUT2D eigenvalue weighted by Crippen LogP contribution is -2.49. The number of para-hydroxylation sites is 1. The lowest BCUT2D eigenvalue weighted by Gasteiger charge is -2.44. The van der Waals surface area contributed by atoms with Crippen LogP contribution in [0.4, 0.5) is 0 Å². The number of carbonyl (C=O) groups excluding carboxylic acids is 1. The minimum absolute atomic E-state index is 0.193. The highest BCUT2D eigenvalue weighted by Gasteiger charge is 2.41. The highest BCUT2D eigenvalue weighted by atomic mass is 32.3. The maximum Gasteiger partial charge on any atom is 0.257 e. The Hall–Kier alpha value is -4.36. The first kappa shape index (κ1) is 34.5. The molecule has 49 heavy (non-hydrogen) atoms. The Morgan fingerprint density at radius 1 is 1.08 bits per heavy atom. The van der Waals surface area contributed by atoms with E-state index >= 15 is 0 Å². The first-order valence-corrected chi connectivity index (χ1v) is 18.1. The van der Waals surface area contributed by atoms with Gasteiger partial charge in [0.2, 0.25) is 0 Å². The number of hydrogen-bond donors (Lipinski definition) is 2. The Balaban J connectivity index is 1.47. The molecular weight excluding hydrogens is 639 g/mol. The van der Waals surface area contributed by atoms with Gasteiger partial charge in [0.1, 0.15) is 28.6 Å². The third-order valence-electron chi connectivity index (χ3n) is 9.99. The topological polar surface area (TPSA) is 130 Å². The monoisotopic (exact) mass is 683 g/mol. The summed E-state index contributed by atoms with van der Waals surface area (Å²) in [5, 5.41) is 8.93. The Morgan fingerprint density at radius 2 is 1.82 bits per heavy atom. The summed E-state index contributed by atoms with van der Waals surface area (Å²) in [7, 11) is -1.54. The van der Waals surface area contributed by atoms with Crippen molar-refractivity contribution < 1.29 is 18.6 Å². The lowest BCUT2D eigenvalue weighted by atomic mass is 9.74. The standard InChI is InChI=1S/C37H45N7O4S/c1-8-29-22-43(49(46,47)33-13-11-10-12-32(33)48-29)21-27-18-26(15-14-24(27)3)34(30-16-17-31-35(25(30)4)40-41-44(31)9-2)37(5,6)42(7)36(45)28-19-38-23-39-20-28/h10-20,23,29,34,46-47H,8-9,21-22H2,1-7H3/t29?,34-/m0/s1. The zero-order chi connectivity index (χ0) is 35.1. The van der Waals surface area contributed by atoms with Gasteiger partial charge in [-0.15, -0.1) is 15.9 Å². The molecule has 1 aliphatic rings. The molecule has 0 aliphatic carbocycles. The van der Waals surface area contributed by atoms with Crippen molar-refractivity contribution in [1.29, 1.82) is 0 Å². The van der Waals surface area contributed by atoms with E-state index in [1.54, 1.807) is 27.4 Å². The molecule has 5 aromatic rings. The molecule has 3 aromatic carbocycles. The molecular formula is C37H45N7O4S. The average Bonchev–Trinajstić information content (AvgIpc) is 3.49. The van der Waals surface area contributed by atoms with E-state index in [4.69, 9.17) is 4.74 Å². The van der Waals surface area contributed by atoms with Crippen LogP contribution in [0.25, 0.3) is 11.0 Å². The molecule has 1 unspecified atom stereocenters. The first-order chi connectivity index (χ1) is 23.4. The van der Waals surface area contributed by atoms with Gasteiger partial charge >= 0.3 is 0 Å². The number of rotatable bonds is 9. The molecule has 1 amide bonds. The molecule has 0 spiro atoms. The number of fused-ring (bicyclic) bond motifs is 2. The summed E-state index contributed by atoms with van der Waals surface area (Å²) < 4.78 is 33.4. The number of benzene rings is 3. The largest absolute Gasteiger partial charge is 0.487 e. The smallest absolute Gasteiger partial charge is 0.257 e. The lowest BCUT2D eigenvalue weighted by molar-refractivity contribution is 0.0595. The fraction of sp³-hybridized carbons (Fsp3) is 0.378. The Bertz CT molecular complexity index is 1980. The number of amides is 1. The third kappa shape index (κ3) is 6.29. The molecule has 0 saturated carbocycles.